The minimum Gasteiger partial charge on any atom is -0.336 e. The molecule has 98 valence electrons. The molecule has 0 spiro atoms. The predicted octanol–water partition coefficient (Wildman–Crippen LogP) is 2.24. The molecule has 1 aliphatic rings. The number of rotatable bonds is 2. The average molecular weight is 362 g/mol. The SMILES string of the molecule is CC1CC(CN)CN1C(=O)c1ccc(F)cc1I. The zero-order valence-corrected chi connectivity index (χ0v) is 12.4. The highest BCUT2D eigenvalue weighted by Gasteiger charge is 2.32. The third kappa shape index (κ3) is 2.66. The van der Waals surface area contributed by atoms with E-state index in [0.717, 1.165) is 6.42 Å². The Balaban J connectivity index is 2.21. The first-order valence-electron chi connectivity index (χ1n) is 5.99. The third-order valence-electron chi connectivity index (χ3n) is 3.42. The molecule has 1 aromatic rings. The topological polar surface area (TPSA) is 46.3 Å². The van der Waals surface area contributed by atoms with Crippen molar-refractivity contribution in [2.75, 3.05) is 13.1 Å². The monoisotopic (exact) mass is 362 g/mol. The smallest absolute Gasteiger partial charge is 0.255 e. The van der Waals surface area contributed by atoms with Crippen molar-refractivity contribution in [1.29, 1.82) is 0 Å². The van der Waals surface area contributed by atoms with E-state index in [4.69, 9.17) is 5.73 Å². The zero-order chi connectivity index (χ0) is 13.3. The van der Waals surface area contributed by atoms with Gasteiger partial charge in [-0.05, 0) is 66.6 Å². The molecule has 2 rings (SSSR count). The first kappa shape index (κ1) is 13.7. The van der Waals surface area contributed by atoms with Gasteiger partial charge in [-0.25, -0.2) is 4.39 Å². The molecule has 5 heteroatoms. The van der Waals surface area contributed by atoms with Crippen LogP contribution in [0, 0.1) is 15.3 Å². The van der Waals surface area contributed by atoms with Crippen LogP contribution >= 0.6 is 22.6 Å². The van der Waals surface area contributed by atoms with E-state index in [1.54, 1.807) is 6.07 Å². The lowest BCUT2D eigenvalue weighted by atomic mass is 10.1. The fourth-order valence-corrected chi connectivity index (χ4v) is 3.12. The van der Waals surface area contributed by atoms with Gasteiger partial charge in [0, 0.05) is 16.2 Å². The lowest BCUT2D eigenvalue weighted by Crippen LogP contribution is -2.34. The number of likely N-dealkylation sites (tertiary alicyclic amines) is 1. The molecule has 0 aliphatic carbocycles. The molecule has 1 saturated heterocycles. The lowest BCUT2D eigenvalue weighted by molar-refractivity contribution is 0.0742. The van der Waals surface area contributed by atoms with Crippen molar-refractivity contribution in [1.82, 2.24) is 4.90 Å². The van der Waals surface area contributed by atoms with Crippen LogP contribution < -0.4 is 5.73 Å². The van der Waals surface area contributed by atoms with Gasteiger partial charge in [0.1, 0.15) is 5.82 Å². The van der Waals surface area contributed by atoms with Gasteiger partial charge in [-0.1, -0.05) is 0 Å². The van der Waals surface area contributed by atoms with E-state index in [2.05, 4.69) is 0 Å². The molecule has 2 N–H and O–H groups in total. The Morgan fingerprint density at radius 2 is 2.33 bits per heavy atom. The molecule has 2 unspecified atom stereocenters. The second-order valence-electron chi connectivity index (χ2n) is 4.77. The van der Waals surface area contributed by atoms with E-state index in [1.807, 2.05) is 34.4 Å². The van der Waals surface area contributed by atoms with E-state index in [1.165, 1.54) is 12.1 Å². The molecule has 0 bridgehead atoms. The average Bonchev–Trinajstić information content (AvgIpc) is 2.70. The van der Waals surface area contributed by atoms with Crippen molar-refractivity contribution in [3.63, 3.8) is 0 Å². The van der Waals surface area contributed by atoms with Gasteiger partial charge in [-0.2, -0.15) is 0 Å². The van der Waals surface area contributed by atoms with Crippen molar-refractivity contribution < 1.29 is 9.18 Å². The Morgan fingerprint density at radius 3 is 2.89 bits per heavy atom. The minimum absolute atomic E-state index is 0.0251. The van der Waals surface area contributed by atoms with E-state index in [0.29, 0.717) is 28.1 Å². The molecule has 1 aliphatic heterocycles. The van der Waals surface area contributed by atoms with Crippen LogP contribution in [0.5, 0.6) is 0 Å². The van der Waals surface area contributed by atoms with Crippen LogP contribution in [0.1, 0.15) is 23.7 Å². The number of halogens is 2. The van der Waals surface area contributed by atoms with Gasteiger partial charge in [0.25, 0.3) is 5.91 Å². The van der Waals surface area contributed by atoms with Crippen LogP contribution in [0.2, 0.25) is 0 Å². The van der Waals surface area contributed by atoms with E-state index in [-0.39, 0.29) is 17.8 Å². The normalized spacial score (nSPS) is 23.4. The Kier molecular flexibility index (Phi) is 4.21. The van der Waals surface area contributed by atoms with Gasteiger partial charge >= 0.3 is 0 Å². The summed E-state index contributed by atoms with van der Waals surface area (Å²) in [5.74, 6) is 0.0372. The molecule has 0 aromatic heterocycles. The van der Waals surface area contributed by atoms with Crippen LogP contribution in [0.4, 0.5) is 4.39 Å². The number of benzene rings is 1. The highest BCUT2D eigenvalue weighted by atomic mass is 127. The van der Waals surface area contributed by atoms with Crippen molar-refractivity contribution >= 4 is 28.5 Å². The maximum atomic E-state index is 13.0. The summed E-state index contributed by atoms with van der Waals surface area (Å²) in [6, 6.07) is 4.47. The first-order valence-corrected chi connectivity index (χ1v) is 7.07. The van der Waals surface area contributed by atoms with Crippen molar-refractivity contribution in [3.05, 3.63) is 33.1 Å². The van der Waals surface area contributed by atoms with Crippen LogP contribution in [0.15, 0.2) is 18.2 Å². The summed E-state index contributed by atoms with van der Waals surface area (Å²) in [5.41, 5.74) is 6.23. The number of hydrogen-bond donors (Lipinski definition) is 1. The van der Waals surface area contributed by atoms with Gasteiger partial charge in [-0.15, -0.1) is 0 Å². The lowest BCUT2D eigenvalue weighted by Gasteiger charge is -2.22. The quantitative estimate of drug-likeness (QED) is 0.821. The Morgan fingerprint density at radius 1 is 1.61 bits per heavy atom. The van der Waals surface area contributed by atoms with Crippen molar-refractivity contribution in [3.8, 4) is 0 Å². The maximum absolute atomic E-state index is 13.0. The van der Waals surface area contributed by atoms with Crippen LogP contribution in [-0.2, 0) is 0 Å². The fourth-order valence-electron chi connectivity index (χ4n) is 2.41. The molecule has 0 saturated carbocycles. The Hall–Kier alpha value is -0.690. The van der Waals surface area contributed by atoms with Crippen LogP contribution in [0.3, 0.4) is 0 Å². The number of nitrogens with zero attached hydrogens (tertiary/aromatic N) is 1. The van der Waals surface area contributed by atoms with Crippen molar-refractivity contribution in [2.45, 2.75) is 19.4 Å². The summed E-state index contributed by atoms with van der Waals surface area (Å²) in [5, 5.41) is 0. The molecule has 1 aromatic carbocycles. The Labute approximate surface area is 120 Å². The Bertz CT molecular complexity index is 466. The van der Waals surface area contributed by atoms with Crippen LogP contribution in [0.25, 0.3) is 0 Å². The molecule has 3 nitrogen and oxygen atoms in total. The summed E-state index contributed by atoms with van der Waals surface area (Å²) in [7, 11) is 0. The standard InChI is InChI=1S/C13H16FIN2O/c1-8-4-9(6-16)7-17(8)13(18)11-3-2-10(14)5-12(11)15/h2-3,5,8-9H,4,6-7,16H2,1H3. The molecule has 1 heterocycles. The van der Waals surface area contributed by atoms with Crippen LogP contribution in [-0.4, -0.2) is 29.9 Å². The number of nitrogens with two attached hydrogens (primary N) is 1. The van der Waals surface area contributed by atoms with Gasteiger partial charge < -0.3 is 10.6 Å². The van der Waals surface area contributed by atoms with Gasteiger partial charge in [0.2, 0.25) is 0 Å². The maximum Gasteiger partial charge on any atom is 0.255 e. The highest BCUT2D eigenvalue weighted by molar-refractivity contribution is 14.1. The van der Waals surface area contributed by atoms with E-state index in [9.17, 15) is 9.18 Å². The molecule has 1 fully saturated rings. The van der Waals surface area contributed by atoms with Crippen molar-refractivity contribution in [2.24, 2.45) is 11.7 Å². The zero-order valence-electron chi connectivity index (χ0n) is 10.2. The first-order chi connectivity index (χ1) is 8.52. The molecular weight excluding hydrogens is 346 g/mol. The number of hydrogen-bond acceptors (Lipinski definition) is 2. The molecular formula is C13H16FIN2O. The minimum atomic E-state index is -0.315. The third-order valence-corrected chi connectivity index (χ3v) is 4.31. The molecule has 0 radical (unpaired) electrons. The van der Waals surface area contributed by atoms with Gasteiger partial charge in [0.05, 0.1) is 5.56 Å². The largest absolute Gasteiger partial charge is 0.336 e. The predicted molar refractivity (Wildman–Crippen MR) is 76.8 cm³/mol. The summed E-state index contributed by atoms with van der Waals surface area (Å²) < 4.78 is 13.7. The van der Waals surface area contributed by atoms with Gasteiger partial charge in [0.15, 0.2) is 0 Å². The summed E-state index contributed by atoms with van der Waals surface area (Å²) in [6.45, 7) is 3.34. The molecule has 18 heavy (non-hydrogen) atoms. The molecule has 2 atom stereocenters. The fraction of sp³-hybridized carbons (Fsp3) is 0.462. The van der Waals surface area contributed by atoms with Gasteiger partial charge in [-0.3, -0.25) is 4.79 Å². The highest BCUT2D eigenvalue weighted by Crippen LogP contribution is 2.25. The second kappa shape index (κ2) is 5.52. The second-order valence-corrected chi connectivity index (χ2v) is 5.93. The summed E-state index contributed by atoms with van der Waals surface area (Å²) >= 11 is 2.00. The molecule has 1 amide bonds. The number of carbonyl (C=O) groups excluding carboxylic acids is 1. The van der Waals surface area contributed by atoms with E-state index >= 15 is 0 Å². The number of carbonyl (C=O) groups is 1. The number of amides is 1. The summed E-state index contributed by atoms with van der Waals surface area (Å²) in [4.78, 5) is 14.2. The summed E-state index contributed by atoms with van der Waals surface area (Å²) in [6.07, 6.45) is 0.944. The van der Waals surface area contributed by atoms with E-state index < -0.39 is 0 Å².